The molecule has 1 saturated heterocycles. The van der Waals surface area contributed by atoms with Crippen LogP contribution in [0.25, 0.3) is 0 Å². The lowest BCUT2D eigenvalue weighted by molar-refractivity contribution is 0.101. The van der Waals surface area contributed by atoms with Gasteiger partial charge in [-0.2, -0.15) is 11.8 Å². The number of nitrogens with one attached hydrogen (secondary N) is 2. The second kappa shape index (κ2) is 9.31. The molecule has 3 heterocycles. The summed E-state index contributed by atoms with van der Waals surface area (Å²) in [7, 11) is -3.85. The van der Waals surface area contributed by atoms with Crippen LogP contribution in [0, 0.1) is 0 Å². The number of aromatic nitrogens is 3. The van der Waals surface area contributed by atoms with Crippen LogP contribution in [0.2, 0.25) is 0 Å². The normalized spacial score (nSPS) is 15.9. The van der Waals surface area contributed by atoms with Gasteiger partial charge in [0, 0.05) is 30.0 Å². The Labute approximate surface area is 183 Å². The van der Waals surface area contributed by atoms with Crippen molar-refractivity contribution in [3.8, 4) is 5.88 Å². The van der Waals surface area contributed by atoms with E-state index in [1.54, 1.807) is 36.2 Å². The Balaban J connectivity index is 1.45. The fourth-order valence-electron chi connectivity index (χ4n) is 2.87. The zero-order chi connectivity index (χ0) is 21.7. The topological polar surface area (TPSA) is 123 Å². The molecule has 1 amide bonds. The fraction of sp³-hybridized carbons (Fsp3) is 0.200. The van der Waals surface area contributed by atoms with Gasteiger partial charge in [0.2, 0.25) is 11.8 Å². The van der Waals surface area contributed by atoms with Crippen molar-refractivity contribution in [2.75, 3.05) is 21.5 Å². The van der Waals surface area contributed by atoms with Gasteiger partial charge in [0.15, 0.2) is 0 Å². The monoisotopic (exact) mass is 457 g/mol. The number of rotatable bonds is 7. The number of ether oxygens (including phenoxy) is 1. The molecule has 0 aliphatic carbocycles. The van der Waals surface area contributed by atoms with E-state index in [0.29, 0.717) is 17.1 Å². The molecule has 1 aromatic carbocycles. The van der Waals surface area contributed by atoms with Crippen molar-refractivity contribution in [1.29, 1.82) is 0 Å². The number of carbonyl (C=O) groups excluding carboxylic acids is 1. The van der Waals surface area contributed by atoms with Crippen LogP contribution in [0.1, 0.15) is 16.8 Å². The molecule has 0 bridgehead atoms. The molecule has 1 aliphatic heterocycles. The van der Waals surface area contributed by atoms with Crippen molar-refractivity contribution in [2.24, 2.45) is 0 Å². The minimum atomic E-state index is -3.85. The molecular weight excluding hydrogens is 438 g/mol. The van der Waals surface area contributed by atoms with Gasteiger partial charge in [-0.1, -0.05) is 0 Å². The summed E-state index contributed by atoms with van der Waals surface area (Å²) in [6, 6.07) is 10.7. The number of pyridine rings is 1. The van der Waals surface area contributed by atoms with Crippen molar-refractivity contribution < 1.29 is 17.9 Å². The first-order valence-corrected chi connectivity index (χ1v) is 12.1. The molecule has 31 heavy (non-hydrogen) atoms. The Morgan fingerprint density at radius 2 is 1.77 bits per heavy atom. The zero-order valence-corrected chi connectivity index (χ0v) is 17.9. The van der Waals surface area contributed by atoms with E-state index in [2.05, 4.69) is 25.0 Å². The Morgan fingerprint density at radius 1 is 1.03 bits per heavy atom. The summed E-state index contributed by atoms with van der Waals surface area (Å²) >= 11 is 1.81. The van der Waals surface area contributed by atoms with Crippen molar-refractivity contribution in [3.05, 3.63) is 66.6 Å². The van der Waals surface area contributed by atoms with E-state index >= 15 is 0 Å². The number of carbonyl (C=O) groups is 1. The van der Waals surface area contributed by atoms with Crippen LogP contribution in [0.4, 0.5) is 11.6 Å². The molecule has 1 fully saturated rings. The number of nitrogens with zero attached hydrogens (tertiary/aromatic N) is 3. The lowest BCUT2D eigenvalue weighted by atomic mass is 10.2. The van der Waals surface area contributed by atoms with Crippen LogP contribution in [0.15, 0.2) is 66.0 Å². The predicted octanol–water partition coefficient (Wildman–Crippen LogP) is 2.81. The van der Waals surface area contributed by atoms with E-state index in [-0.39, 0.29) is 22.9 Å². The highest BCUT2D eigenvalue weighted by atomic mass is 32.2. The van der Waals surface area contributed by atoms with Gasteiger partial charge in [0.25, 0.3) is 15.9 Å². The average molecular weight is 458 g/mol. The van der Waals surface area contributed by atoms with Gasteiger partial charge in [-0.3, -0.25) is 4.79 Å². The molecule has 0 radical (unpaired) electrons. The number of sulfonamides is 1. The summed E-state index contributed by atoms with van der Waals surface area (Å²) in [5, 5.41) is 2.75. The van der Waals surface area contributed by atoms with Crippen molar-refractivity contribution in [2.45, 2.75) is 17.4 Å². The molecule has 9 nitrogen and oxygen atoms in total. The van der Waals surface area contributed by atoms with E-state index in [0.717, 1.165) is 17.9 Å². The minimum Gasteiger partial charge on any atom is -0.473 e. The predicted molar refractivity (Wildman–Crippen MR) is 118 cm³/mol. The van der Waals surface area contributed by atoms with E-state index in [4.69, 9.17) is 4.74 Å². The number of anilines is 2. The van der Waals surface area contributed by atoms with Crippen LogP contribution in [-0.2, 0) is 10.0 Å². The van der Waals surface area contributed by atoms with E-state index < -0.39 is 10.0 Å². The summed E-state index contributed by atoms with van der Waals surface area (Å²) in [6.07, 6.45) is 5.41. The Kier molecular flexibility index (Phi) is 6.33. The van der Waals surface area contributed by atoms with E-state index in [1.165, 1.54) is 36.7 Å². The Bertz CT molecular complexity index is 1150. The molecule has 1 aliphatic rings. The van der Waals surface area contributed by atoms with Crippen LogP contribution < -0.4 is 14.8 Å². The first-order chi connectivity index (χ1) is 15.0. The van der Waals surface area contributed by atoms with Gasteiger partial charge in [-0.15, -0.1) is 0 Å². The molecule has 2 aromatic heterocycles. The summed E-state index contributed by atoms with van der Waals surface area (Å²) in [6.45, 7) is 0. The largest absolute Gasteiger partial charge is 0.473 e. The van der Waals surface area contributed by atoms with Gasteiger partial charge in [-0.05, 0) is 54.6 Å². The van der Waals surface area contributed by atoms with Gasteiger partial charge >= 0.3 is 0 Å². The van der Waals surface area contributed by atoms with Gasteiger partial charge in [0.05, 0.1) is 4.90 Å². The van der Waals surface area contributed by atoms with Gasteiger partial charge in [0.1, 0.15) is 11.7 Å². The second-order valence-electron chi connectivity index (χ2n) is 6.62. The molecule has 0 saturated carbocycles. The molecule has 3 aromatic rings. The lowest BCUT2D eigenvalue weighted by Gasteiger charge is -2.14. The molecule has 0 spiro atoms. The first-order valence-electron chi connectivity index (χ1n) is 9.42. The van der Waals surface area contributed by atoms with Crippen molar-refractivity contribution in [1.82, 2.24) is 15.0 Å². The number of amides is 1. The van der Waals surface area contributed by atoms with Crippen LogP contribution >= 0.6 is 11.8 Å². The van der Waals surface area contributed by atoms with Gasteiger partial charge < -0.3 is 10.1 Å². The lowest BCUT2D eigenvalue weighted by Crippen LogP contribution is -2.20. The number of hydrogen-bond acceptors (Lipinski definition) is 8. The number of thioether (sulfide) groups is 1. The van der Waals surface area contributed by atoms with Crippen molar-refractivity contribution >= 4 is 39.3 Å². The van der Waals surface area contributed by atoms with Crippen LogP contribution in [-0.4, -0.2) is 46.9 Å². The summed E-state index contributed by atoms with van der Waals surface area (Å²) in [4.78, 5) is 24.7. The smallest absolute Gasteiger partial charge is 0.264 e. The third-order valence-electron chi connectivity index (χ3n) is 4.40. The molecule has 1 atom stereocenters. The minimum absolute atomic E-state index is 0.0158. The van der Waals surface area contributed by atoms with Crippen LogP contribution in [0.5, 0.6) is 5.88 Å². The Hall–Kier alpha value is -3.18. The van der Waals surface area contributed by atoms with E-state index in [9.17, 15) is 13.2 Å². The van der Waals surface area contributed by atoms with Crippen LogP contribution in [0.3, 0.4) is 0 Å². The second-order valence-corrected chi connectivity index (χ2v) is 9.45. The molecule has 1 unspecified atom stereocenters. The average Bonchev–Trinajstić information content (AvgIpc) is 3.28. The SMILES string of the molecule is O=C(Nc1ccc(S(=O)(=O)Nc2ncccn2)cc1)c1cccnc1OC1CCSC1. The maximum absolute atomic E-state index is 12.7. The summed E-state index contributed by atoms with van der Waals surface area (Å²) < 4.78 is 33.1. The molecule has 11 heteroatoms. The fourth-order valence-corrected chi connectivity index (χ4v) is 4.92. The highest BCUT2D eigenvalue weighted by Crippen LogP contribution is 2.25. The van der Waals surface area contributed by atoms with Gasteiger partial charge in [-0.25, -0.2) is 28.1 Å². The highest BCUT2D eigenvalue weighted by molar-refractivity contribution is 7.99. The first kappa shape index (κ1) is 21.1. The molecular formula is C20H19N5O4S2. The van der Waals surface area contributed by atoms with Crippen molar-refractivity contribution in [3.63, 3.8) is 0 Å². The molecule has 2 N–H and O–H groups in total. The third-order valence-corrected chi connectivity index (χ3v) is 6.87. The maximum Gasteiger partial charge on any atom is 0.264 e. The number of hydrogen-bond donors (Lipinski definition) is 2. The standard InChI is InChI=1S/C20H19N5O4S2/c26-18(17-3-1-9-21-19(17)29-15-8-12-30-13-15)24-14-4-6-16(7-5-14)31(27,28)25-20-22-10-2-11-23-20/h1-7,9-11,15H,8,12-13H2,(H,24,26)(H,22,23,25). The molecule has 160 valence electrons. The quantitative estimate of drug-likeness (QED) is 0.555. The summed E-state index contributed by atoms with van der Waals surface area (Å²) in [5.74, 6) is 1.78. The third kappa shape index (κ3) is 5.30. The Morgan fingerprint density at radius 3 is 2.48 bits per heavy atom. The molecule has 4 rings (SSSR count). The van der Waals surface area contributed by atoms with E-state index in [1.807, 2.05) is 0 Å². The number of benzene rings is 1. The zero-order valence-electron chi connectivity index (χ0n) is 16.3. The highest BCUT2D eigenvalue weighted by Gasteiger charge is 2.22. The summed E-state index contributed by atoms with van der Waals surface area (Å²) in [5.41, 5.74) is 0.755. The maximum atomic E-state index is 12.7.